The van der Waals surface area contributed by atoms with Gasteiger partial charge in [-0.2, -0.15) is 0 Å². The Labute approximate surface area is 95.0 Å². The standard InChI is InChI=1S/C14H27N/c1-11(2)9-15-10-13-8-14(13)7-5-4-6-12(14)3/h11-13,15H,4-10H2,1-3H3. The van der Waals surface area contributed by atoms with Crippen LogP contribution in [0.4, 0.5) is 0 Å². The highest BCUT2D eigenvalue weighted by atomic mass is 14.9. The van der Waals surface area contributed by atoms with Crippen LogP contribution < -0.4 is 5.32 Å². The number of rotatable bonds is 4. The molecule has 88 valence electrons. The number of hydrogen-bond acceptors (Lipinski definition) is 1. The Hall–Kier alpha value is -0.0400. The second kappa shape index (κ2) is 4.45. The summed E-state index contributed by atoms with van der Waals surface area (Å²) >= 11 is 0. The Morgan fingerprint density at radius 2 is 2.13 bits per heavy atom. The molecule has 3 atom stereocenters. The zero-order valence-corrected chi connectivity index (χ0v) is 10.7. The highest BCUT2D eigenvalue weighted by molar-refractivity contribution is 5.07. The molecule has 0 radical (unpaired) electrons. The van der Waals surface area contributed by atoms with E-state index in [0.29, 0.717) is 0 Å². The Balaban J connectivity index is 1.73. The predicted octanol–water partition coefficient (Wildman–Crippen LogP) is 3.45. The van der Waals surface area contributed by atoms with E-state index in [1.807, 2.05) is 0 Å². The van der Waals surface area contributed by atoms with Gasteiger partial charge in [0.2, 0.25) is 0 Å². The molecular weight excluding hydrogens is 182 g/mol. The average Bonchev–Trinajstić information content (AvgIpc) is 2.85. The summed E-state index contributed by atoms with van der Waals surface area (Å²) in [4.78, 5) is 0. The van der Waals surface area contributed by atoms with Crippen LogP contribution in [0, 0.1) is 23.2 Å². The van der Waals surface area contributed by atoms with Crippen molar-refractivity contribution in [2.45, 2.75) is 52.9 Å². The Kier molecular flexibility index (Phi) is 3.39. The molecule has 0 aromatic rings. The van der Waals surface area contributed by atoms with Crippen LogP contribution in [0.3, 0.4) is 0 Å². The molecule has 1 nitrogen and oxygen atoms in total. The van der Waals surface area contributed by atoms with E-state index in [0.717, 1.165) is 23.2 Å². The number of hydrogen-bond donors (Lipinski definition) is 1. The van der Waals surface area contributed by atoms with E-state index in [1.54, 1.807) is 0 Å². The molecule has 0 aliphatic heterocycles. The van der Waals surface area contributed by atoms with Crippen LogP contribution in [-0.4, -0.2) is 13.1 Å². The van der Waals surface area contributed by atoms with E-state index in [-0.39, 0.29) is 0 Å². The topological polar surface area (TPSA) is 12.0 Å². The molecule has 0 amide bonds. The van der Waals surface area contributed by atoms with E-state index in [4.69, 9.17) is 0 Å². The lowest BCUT2D eigenvalue weighted by Gasteiger charge is -2.30. The maximum atomic E-state index is 3.64. The van der Waals surface area contributed by atoms with E-state index in [2.05, 4.69) is 26.1 Å². The molecule has 2 aliphatic carbocycles. The summed E-state index contributed by atoms with van der Waals surface area (Å²) in [7, 11) is 0. The van der Waals surface area contributed by atoms with Gasteiger partial charge in [-0.25, -0.2) is 0 Å². The molecule has 0 saturated heterocycles. The maximum Gasteiger partial charge on any atom is -0.00148 e. The SMILES string of the molecule is CC(C)CNCC1CC12CCCCC2C. The van der Waals surface area contributed by atoms with Crippen molar-refractivity contribution >= 4 is 0 Å². The van der Waals surface area contributed by atoms with Gasteiger partial charge in [0.1, 0.15) is 0 Å². The molecule has 2 saturated carbocycles. The van der Waals surface area contributed by atoms with Gasteiger partial charge < -0.3 is 5.32 Å². The van der Waals surface area contributed by atoms with Crippen molar-refractivity contribution in [3.05, 3.63) is 0 Å². The zero-order valence-electron chi connectivity index (χ0n) is 10.7. The third kappa shape index (κ3) is 2.38. The van der Waals surface area contributed by atoms with Crippen LogP contribution in [0.2, 0.25) is 0 Å². The smallest absolute Gasteiger partial charge is 0.00148 e. The summed E-state index contributed by atoms with van der Waals surface area (Å²) in [5, 5.41) is 3.64. The molecule has 0 aromatic heterocycles. The predicted molar refractivity (Wildman–Crippen MR) is 65.9 cm³/mol. The van der Waals surface area contributed by atoms with Crippen LogP contribution in [0.15, 0.2) is 0 Å². The van der Waals surface area contributed by atoms with Crippen molar-refractivity contribution in [2.75, 3.05) is 13.1 Å². The summed E-state index contributed by atoms with van der Waals surface area (Å²) in [5.41, 5.74) is 0.780. The Morgan fingerprint density at radius 1 is 1.33 bits per heavy atom. The van der Waals surface area contributed by atoms with Crippen LogP contribution in [0.5, 0.6) is 0 Å². The normalized spacial score (nSPS) is 40.0. The molecule has 0 aromatic carbocycles. The zero-order chi connectivity index (χ0) is 10.9. The first kappa shape index (κ1) is 11.4. The first-order valence-corrected chi connectivity index (χ1v) is 6.86. The number of nitrogens with one attached hydrogen (secondary N) is 1. The van der Waals surface area contributed by atoms with Gasteiger partial charge in [0.15, 0.2) is 0 Å². The molecule has 1 heteroatoms. The minimum Gasteiger partial charge on any atom is -0.316 e. The van der Waals surface area contributed by atoms with Crippen molar-refractivity contribution < 1.29 is 0 Å². The summed E-state index contributed by atoms with van der Waals surface area (Å²) in [6, 6.07) is 0. The van der Waals surface area contributed by atoms with Gasteiger partial charge in [-0.05, 0) is 49.1 Å². The fraction of sp³-hybridized carbons (Fsp3) is 1.00. The molecule has 2 rings (SSSR count). The van der Waals surface area contributed by atoms with Gasteiger partial charge in [0.05, 0.1) is 0 Å². The third-order valence-corrected chi connectivity index (χ3v) is 4.73. The highest BCUT2D eigenvalue weighted by Crippen LogP contribution is 2.63. The van der Waals surface area contributed by atoms with Gasteiger partial charge in [-0.15, -0.1) is 0 Å². The second-order valence-electron chi connectivity index (χ2n) is 6.33. The highest BCUT2D eigenvalue weighted by Gasteiger charge is 2.56. The monoisotopic (exact) mass is 209 g/mol. The maximum absolute atomic E-state index is 3.64. The first-order chi connectivity index (χ1) is 7.15. The van der Waals surface area contributed by atoms with E-state index >= 15 is 0 Å². The quantitative estimate of drug-likeness (QED) is 0.748. The largest absolute Gasteiger partial charge is 0.316 e. The van der Waals surface area contributed by atoms with Crippen LogP contribution in [-0.2, 0) is 0 Å². The molecule has 1 spiro atoms. The molecule has 3 unspecified atom stereocenters. The molecule has 15 heavy (non-hydrogen) atoms. The summed E-state index contributed by atoms with van der Waals surface area (Å²) in [6.07, 6.45) is 7.49. The Bertz CT molecular complexity index is 211. The van der Waals surface area contributed by atoms with Crippen LogP contribution >= 0.6 is 0 Å². The molecule has 0 bridgehead atoms. The lowest BCUT2D eigenvalue weighted by molar-refractivity contribution is 0.208. The van der Waals surface area contributed by atoms with Crippen molar-refractivity contribution in [2.24, 2.45) is 23.2 Å². The fourth-order valence-electron chi connectivity index (χ4n) is 3.57. The second-order valence-corrected chi connectivity index (χ2v) is 6.33. The molecular formula is C14H27N. The molecule has 1 N–H and O–H groups in total. The van der Waals surface area contributed by atoms with Crippen molar-refractivity contribution in [1.82, 2.24) is 5.32 Å². The summed E-state index contributed by atoms with van der Waals surface area (Å²) < 4.78 is 0. The minimum absolute atomic E-state index is 0.780. The summed E-state index contributed by atoms with van der Waals surface area (Å²) in [6.45, 7) is 9.54. The fourth-order valence-corrected chi connectivity index (χ4v) is 3.57. The van der Waals surface area contributed by atoms with Crippen LogP contribution in [0.25, 0.3) is 0 Å². The average molecular weight is 209 g/mol. The van der Waals surface area contributed by atoms with Gasteiger partial charge in [-0.3, -0.25) is 0 Å². The van der Waals surface area contributed by atoms with Gasteiger partial charge >= 0.3 is 0 Å². The lowest BCUT2D eigenvalue weighted by atomic mass is 9.76. The van der Waals surface area contributed by atoms with E-state index < -0.39 is 0 Å². The van der Waals surface area contributed by atoms with Crippen molar-refractivity contribution in [3.63, 3.8) is 0 Å². The summed E-state index contributed by atoms with van der Waals surface area (Å²) in [5.74, 6) is 2.80. The van der Waals surface area contributed by atoms with Gasteiger partial charge in [-0.1, -0.05) is 40.0 Å². The van der Waals surface area contributed by atoms with Crippen LogP contribution in [0.1, 0.15) is 52.9 Å². The molecule has 2 aliphatic rings. The molecule has 0 heterocycles. The third-order valence-electron chi connectivity index (χ3n) is 4.73. The molecule has 2 fully saturated rings. The van der Waals surface area contributed by atoms with Crippen molar-refractivity contribution in [1.29, 1.82) is 0 Å². The lowest BCUT2D eigenvalue weighted by Crippen LogP contribution is -2.27. The van der Waals surface area contributed by atoms with Gasteiger partial charge in [0.25, 0.3) is 0 Å². The Morgan fingerprint density at radius 3 is 2.80 bits per heavy atom. The van der Waals surface area contributed by atoms with Gasteiger partial charge in [0, 0.05) is 0 Å². The minimum atomic E-state index is 0.780. The van der Waals surface area contributed by atoms with E-state index in [9.17, 15) is 0 Å². The van der Waals surface area contributed by atoms with E-state index in [1.165, 1.54) is 45.2 Å². The van der Waals surface area contributed by atoms with Crippen molar-refractivity contribution in [3.8, 4) is 0 Å². The first-order valence-electron chi connectivity index (χ1n) is 6.86.